The summed E-state index contributed by atoms with van der Waals surface area (Å²) in [5, 5.41) is 0. The standard InChI is InChI=1S/C13H22N2O/c1-3-8-16-10-13(15-14)12-7-5-6-11(4-2)9-12/h5-7,9,13,15H,3-4,8,10,14H2,1-2H3. The van der Waals surface area contributed by atoms with Gasteiger partial charge in [0.25, 0.3) is 0 Å². The van der Waals surface area contributed by atoms with Crippen molar-refractivity contribution < 1.29 is 4.74 Å². The van der Waals surface area contributed by atoms with Gasteiger partial charge in [-0.05, 0) is 24.0 Å². The molecule has 1 rings (SSSR count). The topological polar surface area (TPSA) is 47.3 Å². The van der Waals surface area contributed by atoms with Gasteiger partial charge in [0.2, 0.25) is 0 Å². The smallest absolute Gasteiger partial charge is 0.0694 e. The van der Waals surface area contributed by atoms with Gasteiger partial charge in [0.15, 0.2) is 0 Å². The van der Waals surface area contributed by atoms with E-state index in [0.717, 1.165) is 19.4 Å². The van der Waals surface area contributed by atoms with Crippen molar-refractivity contribution in [3.05, 3.63) is 35.4 Å². The molecule has 1 atom stereocenters. The quantitative estimate of drug-likeness (QED) is 0.422. The first kappa shape index (κ1) is 13.2. The second kappa shape index (κ2) is 7.39. The van der Waals surface area contributed by atoms with Gasteiger partial charge < -0.3 is 4.74 Å². The van der Waals surface area contributed by atoms with Crippen LogP contribution >= 0.6 is 0 Å². The lowest BCUT2D eigenvalue weighted by Crippen LogP contribution is -2.31. The highest BCUT2D eigenvalue weighted by atomic mass is 16.5. The predicted molar refractivity (Wildman–Crippen MR) is 67.0 cm³/mol. The lowest BCUT2D eigenvalue weighted by molar-refractivity contribution is 0.112. The van der Waals surface area contributed by atoms with Crippen LogP contribution in [0.1, 0.15) is 37.4 Å². The van der Waals surface area contributed by atoms with E-state index in [2.05, 4.69) is 43.5 Å². The van der Waals surface area contributed by atoms with Crippen LogP contribution in [0.15, 0.2) is 24.3 Å². The minimum absolute atomic E-state index is 0.0815. The Labute approximate surface area is 98.0 Å². The fourth-order valence-corrected chi connectivity index (χ4v) is 1.62. The normalized spacial score (nSPS) is 12.7. The average molecular weight is 222 g/mol. The largest absolute Gasteiger partial charge is 0.379 e. The van der Waals surface area contributed by atoms with Crippen LogP contribution < -0.4 is 11.3 Å². The van der Waals surface area contributed by atoms with Crippen molar-refractivity contribution in [1.29, 1.82) is 0 Å². The van der Waals surface area contributed by atoms with Crippen LogP contribution in [-0.4, -0.2) is 13.2 Å². The molecule has 0 aliphatic rings. The van der Waals surface area contributed by atoms with Crippen molar-refractivity contribution in [2.45, 2.75) is 32.7 Å². The Balaban J connectivity index is 2.62. The molecule has 0 aromatic heterocycles. The molecule has 3 heteroatoms. The number of aryl methyl sites for hydroxylation is 1. The van der Waals surface area contributed by atoms with Gasteiger partial charge in [-0.3, -0.25) is 11.3 Å². The van der Waals surface area contributed by atoms with Crippen LogP contribution in [-0.2, 0) is 11.2 Å². The molecule has 3 nitrogen and oxygen atoms in total. The molecular formula is C13H22N2O. The summed E-state index contributed by atoms with van der Waals surface area (Å²) in [6.07, 6.45) is 2.08. The van der Waals surface area contributed by atoms with E-state index in [1.54, 1.807) is 0 Å². The number of nitrogens with two attached hydrogens (primary N) is 1. The van der Waals surface area contributed by atoms with Crippen molar-refractivity contribution in [3.63, 3.8) is 0 Å². The monoisotopic (exact) mass is 222 g/mol. The summed E-state index contributed by atoms with van der Waals surface area (Å²) >= 11 is 0. The zero-order valence-corrected chi connectivity index (χ0v) is 10.2. The van der Waals surface area contributed by atoms with Crippen molar-refractivity contribution >= 4 is 0 Å². The first-order chi connectivity index (χ1) is 7.81. The van der Waals surface area contributed by atoms with Gasteiger partial charge in [0.05, 0.1) is 12.6 Å². The summed E-state index contributed by atoms with van der Waals surface area (Å²) in [7, 11) is 0. The van der Waals surface area contributed by atoms with E-state index >= 15 is 0 Å². The van der Waals surface area contributed by atoms with Gasteiger partial charge in [0.1, 0.15) is 0 Å². The maximum atomic E-state index is 5.55. The van der Waals surface area contributed by atoms with E-state index in [9.17, 15) is 0 Å². The van der Waals surface area contributed by atoms with E-state index in [4.69, 9.17) is 10.6 Å². The summed E-state index contributed by atoms with van der Waals surface area (Å²) in [6.45, 7) is 5.66. The molecule has 1 unspecified atom stereocenters. The minimum Gasteiger partial charge on any atom is -0.379 e. The number of hydrogen-bond acceptors (Lipinski definition) is 3. The summed E-state index contributed by atoms with van der Waals surface area (Å²) < 4.78 is 5.52. The first-order valence-corrected chi connectivity index (χ1v) is 5.94. The second-order valence-corrected chi connectivity index (χ2v) is 3.89. The van der Waals surface area contributed by atoms with Crippen molar-refractivity contribution in [2.24, 2.45) is 5.84 Å². The maximum Gasteiger partial charge on any atom is 0.0694 e. The Hall–Kier alpha value is -0.900. The first-order valence-electron chi connectivity index (χ1n) is 5.94. The van der Waals surface area contributed by atoms with Gasteiger partial charge in [-0.1, -0.05) is 38.1 Å². The summed E-state index contributed by atoms with van der Waals surface area (Å²) in [4.78, 5) is 0. The van der Waals surface area contributed by atoms with E-state index in [-0.39, 0.29) is 6.04 Å². The van der Waals surface area contributed by atoms with E-state index in [0.29, 0.717) is 6.61 Å². The number of ether oxygens (including phenoxy) is 1. The molecule has 0 aliphatic carbocycles. The lowest BCUT2D eigenvalue weighted by atomic mass is 10.0. The molecule has 0 fully saturated rings. The minimum atomic E-state index is 0.0815. The van der Waals surface area contributed by atoms with Crippen LogP contribution in [0.2, 0.25) is 0 Å². The third-order valence-electron chi connectivity index (χ3n) is 2.60. The van der Waals surface area contributed by atoms with Gasteiger partial charge in [0, 0.05) is 6.61 Å². The Kier molecular flexibility index (Phi) is 6.08. The molecule has 0 spiro atoms. The fraction of sp³-hybridized carbons (Fsp3) is 0.538. The van der Waals surface area contributed by atoms with Gasteiger partial charge in [-0.2, -0.15) is 0 Å². The second-order valence-electron chi connectivity index (χ2n) is 3.89. The highest BCUT2D eigenvalue weighted by molar-refractivity contribution is 5.26. The number of rotatable bonds is 7. The Morgan fingerprint density at radius 2 is 2.19 bits per heavy atom. The highest BCUT2D eigenvalue weighted by Gasteiger charge is 2.09. The fourth-order valence-electron chi connectivity index (χ4n) is 1.62. The summed E-state index contributed by atoms with van der Waals surface area (Å²) in [5.74, 6) is 5.55. The van der Waals surface area contributed by atoms with Crippen LogP contribution in [0.4, 0.5) is 0 Å². The molecule has 0 saturated carbocycles. The van der Waals surface area contributed by atoms with Gasteiger partial charge in [-0.15, -0.1) is 0 Å². The molecule has 0 radical (unpaired) electrons. The summed E-state index contributed by atoms with van der Waals surface area (Å²) in [6, 6.07) is 8.54. The average Bonchev–Trinajstić information content (AvgIpc) is 2.35. The molecule has 0 bridgehead atoms. The zero-order chi connectivity index (χ0) is 11.8. The number of nitrogens with one attached hydrogen (secondary N) is 1. The molecule has 90 valence electrons. The highest BCUT2D eigenvalue weighted by Crippen LogP contribution is 2.15. The van der Waals surface area contributed by atoms with E-state index in [1.165, 1.54) is 11.1 Å². The van der Waals surface area contributed by atoms with Crippen LogP contribution in [0.3, 0.4) is 0 Å². The lowest BCUT2D eigenvalue weighted by Gasteiger charge is -2.17. The molecule has 16 heavy (non-hydrogen) atoms. The van der Waals surface area contributed by atoms with Crippen molar-refractivity contribution in [2.75, 3.05) is 13.2 Å². The molecule has 0 amide bonds. The molecule has 1 aromatic carbocycles. The molecule has 1 aromatic rings. The summed E-state index contributed by atoms with van der Waals surface area (Å²) in [5.41, 5.74) is 5.32. The zero-order valence-electron chi connectivity index (χ0n) is 10.2. The predicted octanol–water partition coefficient (Wildman–Crippen LogP) is 2.18. The third-order valence-corrected chi connectivity index (χ3v) is 2.60. The van der Waals surface area contributed by atoms with Crippen molar-refractivity contribution in [1.82, 2.24) is 5.43 Å². The van der Waals surface area contributed by atoms with Crippen LogP contribution in [0, 0.1) is 0 Å². The molecule has 3 N–H and O–H groups in total. The molecule has 0 aliphatic heterocycles. The van der Waals surface area contributed by atoms with Crippen molar-refractivity contribution in [3.8, 4) is 0 Å². The SMILES string of the molecule is CCCOCC(NN)c1cccc(CC)c1. The molecular weight excluding hydrogens is 200 g/mol. The number of hydrogen-bond donors (Lipinski definition) is 2. The number of hydrazine groups is 1. The molecule has 0 saturated heterocycles. The number of benzene rings is 1. The molecule has 0 heterocycles. The van der Waals surface area contributed by atoms with E-state index in [1.807, 2.05) is 0 Å². The Morgan fingerprint density at radius 3 is 2.81 bits per heavy atom. The van der Waals surface area contributed by atoms with Gasteiger partial charge >= 0.3 is 0 Å². The van der Waals surface area contributed by atoms with E-state index < -0.39 is 0 Å². The maximum absolute atomic E-state index is 5.55. The Morgan fingerprint density at radius 1 is 1.38 bits per heavy atom. The van der Waals surface area contributed by atoms with Gasteiger partial charge in [-0.25, -0.2) is 0 Å². The Bertz CT molecular complexity index is 302. The third kappa shape index (κ3) is 3.93. The van der Waals surface area contributed by atoms with Crippen LogP contribution in [0.5, 0.6) is 0 Å². The van der Waals surface area contributed by atoms with Crippen LogP contribution in [0.25, 0.3) is 0 Å².